The van der Waals surface area contributed by atoms with E-state index in [1.807, 2.05) is 12.1 Å². The van der Waals surface area contributed by atoms with Gasteiger partial charge >= 0.3 is 37.7 Å². The third kappa shape index (κ3) is 19.1. The monoisotopic (exact) mass is 630 g/mol. The molecule has 44 heavy (non-hydrogen) atoms. The van der Waals surface area contributed by atoms with Crippen LogP contribution in [0.4, 0.5) is 0 Å². The zero-order valence-electron chi connectivity index (χ0n) is 29.1. The molecule has 3 heteroatoms. The molecule has 0 aliphatic rings. The van der Waals surface area contributed by atoms with Gasteiger partial charge in [0.2, 0.25) is 0 Å². The second-order valence-corrected chi connectivity index (χ2v) is 13.2. The summed E-state index contributed by atoms with van der Waals surface area (Å²) in [6.45, 7) is 4.56. The van der Waals surface area contributed by atoms with E-state index >= 15 is 0 Å². The fourth-order valence-corrected chi connectivity index (χ4v) is 6.58. The van der Waals surface area contributed by atoms with Crippen LogP contribution in [0.25, 0.3) is 0 Å². The normalized spacial score (nSPS) is 11.1. The molecule has 2 rings (SSSR count). The minimum atomic E-state index is 0. The van der Waals surface area contributed by atoms with Gasteiger partial charge < -0.3 is 10.2 Å². The van der Waals surface area contributed by atoms with Crippen molar-refractivity contribution in [2.75, 3.05) is 0 Å². The molecule has 2 aromatic carbocycles. The van der Waals surface area contributed by atoms with Gasteiger partial charge in [-0.15, -0.1) is 11.5 Å². The van der Waals surface area contributed by atoms with Crippen molar-refractivity contribution in [2.24, 2.45) is 0 Å². The SMILES string of the molecule is CCCCCCCCCCCCCCc1cccc([O-])c1Cc1c([O-])cccc1CCCCCCCCCCCCCC.[Ca+2]. The van der Waals surface area contributed by atoms with E-state index in [1.54, 1.807) is 12.1 Å². The number of unbranched alkanes of at least 4 members (excludes halogenated alkanes) is 22. The molecule has 0 heterocycles. The molecule has 0 aliphatic heterocycles. The first-order chi connectivity index (χ1) is 21.2. The molecule has 0 atom stereocenters. The molecule has 0 aromatic heterocycles. The predicted molar refractivity (Wildman–Crippen MR) is 190 cm³/mol. The molecule has 0 saturated heterocycles. The minimum absolute atomic E-state index is 0. The molecule has 0 aliphatic carbocycles. The maximum Gasteiger partial charge on any atom is 2.00 e. The summed E-state index contributed by atoms with van der Waals surface area (Å²) in [5.74, 6) is 0.187. The fraction of sp³-hybridized carbons (Fsp3) is 0.707. The molecular formula is C41H66CaO2. The van der Waals surface area contributed by atoms with Gasteiger partial charge in [0.1, 0.15) is 0 Å². The summed E-state index contributed by atoms with van der Waals surface area (Å²) in [6, 6.07) is 11.4. The molecule has 0 spiro atoms. The summed E-state index contributed by atoms with van der Waals surface area (Å²) in [5.41, 5.74) is 4.01. The fourth-order valence-electron chi connectivity index (χ4n) is 6.58. The Morgan fingerprint density at radius 3 is 0.955 bits per heavy atom. The summed E-state index contributed by atoms with van der Waals surface area (Å²) in [7, 11) is 0. The van der Waals surface area contributed by atoms with E-state index in [1.165, 1.54) is 141 Å². The van der Waals surface area contributed by atoms with E-state index in [9.17, 15) is 10.2 Å². The third-order valence-corrected chi connectivity index (χ3v) is 9.41. The topological polar surface area (TPSA) is 46.1 Å². The van der Waals surface area contributed by atoms with E-state index in [4.69, 9.17) is 0 Å². The van der Waals surface area contributed by atoms with E-state index in [2.05, 4.69) is 26.0 Å². The smallest absolute Gasteiger partial charge is 0.872 e. The average molecular weight is 631 g/mol. The van der Waals surface area contributed by atoms with Crippen LogP contribution in [0.1, 0.15) is 190 Å². The Labute approximate surface area is 303 Å². The van der Waals surface area contributed by atoms with Crippen molar-refractivity contribution in [3.05, 3.63) is 58.7 Å². The number of hydrogen-bond donors (Lipinski definition) is 0. The summed E-state index contributed by atoms with van der Waals surface area (Å²) >= 11 is 0. The molecule has 0 saturated carbocycles. The van der Waals surface area contributed by atoms with Gasteiger partial charge in [-0.2, -0.15) is 0 Å². The van der Waals surface area contributed by atoms with E-state index in [0.29, 0.717) is 6.42 Å². The molecule has 0 bridgehead atoms. The third-order valence-electron chi connectivity index (χ3n) is 9.41. The Morgan fingerprint density at radius 2 is 0.659 bits per heavy atom. The van der Waals surface area contributed by atoms with Gasteiger partial charge in [0.05, 0.1) is 0 Å². The number of hydrogen-bond acceptors (Lipinski definition) is 2. The van der Waals surface area contributed by atoms with Crippen molar-refractivity contribution in [3.63, 3.8) is 0 Å². The van der Waals surface area contributed by atoms with Crippen LogP contribution in [-0.4, -0.2) is 37.7 Å². The Hall–Kier alpha value is -0.700. The molecule has 0 unspecified atom stereocenters. The van der Waals surface area contributed by atoms with E-state index in [0.717, 1.165) is 47.9 Å². The van der Waals surface area contributed by atoms with E-state index < -0.39 is 0 Å². The van der Waals surface area contributed by atoms with Crippen LogP contribution in [-0.2, 0) is 19.3 Å². The summed E-state index contributed by atoms with van der Waals surface area (Å²) < 4.78 is 0. The maximum atomic E-state index is 13.0. The van der Waals surface area contributed by atoms with Gasteiger partial charge in [-0.1, -0.05) is 192 Å². The Balaban J connectivity index is 0.00000968. The van der Waals surface area contributed by atoms with Gasteiger partial charge in [-0.3, -0.25) is 0 Å². The van der Waals surface area contributed by atoms with Crippen LogP contribution in [0.2, 0.25) is 0 Å². The van der Waals surface area contributed by atoms with Crippen molar-refractivity contribution in [1.82, 2.24) is 0 Å². The zero-order valence-corrected chi connectivity index (χ0v) is 31.3. The van der Waals surface area contributed by atoms with Crippen LogP contribution in [0.3, 0.4) is 0 Å². The van der Waals surface area contributed by atoms with Crippen molar-refractivity contribution in [3.8, 4) is 11.5 Å². The molecule has 0 amide bonds. The van der Waals surface area contributed by atoms with Crippen LogP contribution < -0.4 is 10.2 Å². The van der Waals surface area contributed by atoms with Crippen LogP contribution >= 0.6 is 0 Å². The second-order valence-electron chi connectivity index (χ2n) is 13.2. The summed E-state index contributed by atoms with van der Waals surface area (Å²) in [6.07, 6.45) is 34.4. The average Bonchev–Trinajstić information content (AvgIpc) is 3.01. The maximum absolute atomic E-state index is 13.0. The zero-order chi connectivity index (χ0) is 30.8. The van der Waals surface area contributed by atoms with Gasteiger partial charge in [0, 0.05) is 0 Å². The van der Waals surface area contributed by atoms with Crippen molar-refractivity contribution in [2.45, 2.75) is 187 Å². The number of aryl methyl sites for hydroxylation is 2. The second kappa shape index (κ2) is 28.5. The molecule has 2 aromatic rings. The summed E-state index contributed by atoms with van der Waals surface area (Å²) in [4.78, 5) is 0. The Morgan fingerprint density at radius 1 is 0.386 bits per heavy atom. The van der Waals surface area contributed by atoms with E-state index in [-0.39, 0.29) is 49.2 Å². The number of benzene rings is 2. The summed E-state index contributed by atoms with van der Waals surface area (Å²) in [5, 5.41) is 25.9. The van der Waals surface area contributed by atoms with Crippen LogP contribution in [0, 0.1) is 0 Å². The van der Waals surface area contributed by atoms with Crippen LogP contribution in [0.15, 0.2) is 36.4 Å². The van der Waals surface area contributed by atoms with Crippen molar-refractivity contribution < 1.29 is 10.2 Å². The van der Waals surface area contributed by atoms with Gasteiger partial charge in [-0.05, 0) is 54.4 Å². The molecular weight excluding hydrogens is 565 g/mol. The number of rotatable bonds is 28. The quantitative estimate of drug-likeness (QED) is 0.0693. The molecule has 244 valence electrons. The Kier molecular flexibility index (Phi) is 26.8. The molecule has 0 N–H and O–H groups in total. The van der Waals surface area contributed by atoms with Gasteiger partial charge in [-0.25, -0.2) is 0 Å². The minimum Gasteiger partial charge on any atom is -0.872 e. The van der Waals surface area contributed by atoms with Crippen molar-refractivity contribution >= 4 is 37.7 Å². The first-order valence-electron chi connectivity index (χ1n) is 18.7. The molecule has 0 fully saturated rings. The van der Waals surface area contributed by atoms with Gasteiger partial charge in [0.25, 0.3) is 0 Å². The van der Waals surface area contributed by atoms with Crippen molar-refractivity contribution in [1.29, 1.82) is 0 Å². The first kappa shape index (κ1) is 41.3. The largest absolute Gasteiger partial charge is 2.00 e. The first-order valence-corrected chi connectivity index (χ1v) is 18.7. The Bertz CT molecular complexity index is 865. The molecule has 2 nitrogen and oxygen atoms in total. The standard InChI is InChI=1S/C41H68O2.Ca/c1-3-5-7-9-11-13-15-17-19-21-23-25-29-36-31-27-33-40(42)38(36)35-39-37(32-28-34-41(39)43)30-26-24-22-20-18-16-14-12-10-8-6-4-2;/h27-28,31-34,42-43H,3-26,29-30,35H2,1-2H3;/q;+2/p-2. The predicted octanol–water partition coefficient (Wildman–Crippen LogP) is 11.5. The van der Waals surface area contributed by atoms with Crippen LogP contribution in [0.5, 0.6) is 11.5 Å². The van der Waals surface area contributed by atoms with Gasteiger partial charge in [0.15, 0.2) is 0 Å². The molecule has 0 radical (unpaired) electrons.